The molecule has 1 atom stereocenters. The van der Waals surface area contributed by atoms with Crippen molar-refractivity contribution in [1.82, 2.24) is 0 Å². The van der Waals surface area contributed by atoms with Crippen molar-refractivity contribution in [3.05, 3.63) is 64.1 Å². The standard InChI is InChI=1S/C17H20BrNO/c1-20-17-8-3-2-6-15(17)10-14(12-19)9-13-5-4-7-16(18)11-13/h2-8,11,14H,9-10,12,19H2,1H3. The predicted molar refractivity (Wildman–Crippen MR) is 87.1 cm³/mol. The largest absolute Gasteiger partial charge is 0.496 e. The molecule has 0 saturated heterocycles. The van der Waals surface area contributed by atoms with Crippen LogP contribution >= 0.6 is 15.9 Å². The number of rotatable bonds is 6. The minimum Gasteiger partial charge on any atom is -0.496 e. The molecule has 2 aromatic rings. The van der Waals surface area contributed by atoms with E-state index in [1.807, 2.05) is 24.3 Å². The Morgan fingerprint density at radius 1 is 1.10 bits per heavy atom. The molecule has 2 aromatic carbocycles. The Hall–Kier alpha value is -1.32. The lowest BCUT2D eigenvalue weighted by Crippen LogP contribution is -2.19. The summed E-state index contributed by atoms with van der Waals surface area (Å²) in [5.41, 5.74) is 8.48. The van der Waals surface area contributed by atoms with Crippen LogP contribution in [0.2, 0.25) is 0 Å². The highest BCUT2D eigenvalue weighted by molar-refractivity contribution is 9.10. The van der Waals surface area contributed by atoms with Crippen LogP contribution in [-0.4, -0.2) is 13.7 Å². The summed E-state index contributed by atoms with van der Waals surface area (Å²) < 4.78 is 6.53. The van der Waals surface area contributed by atoms with Gasteiger partial charge in [0.1, 0.15) is 5.75 Å². The summed E-state index contributed by atoms with van der Waals surface area (Å²) >= 11 is 3.51. The average Bonchev–Trinajstić information content (AvgIpc) is 2.47. The molecule has 2 nitrogen and oxygen atoms in total. The zero-order valence-electron chi connectivity index (χ0n) is 11.7. The molecule has 0 amide bonds. The molecule has 106 valence electrons. The van der Waals surface area contributed by atoms with Gasteiger partial charge in [-0.1, -0.05) is 46.3 Å². The normalized spacial score (nSPS) is 12.2. The lowest BCUT2D eigenvalue weighted by molar-refractivity contribution is 0.404. The molecule has 0 aliphatic carbocycles. The second-order valence-corrected chi connectivity index (χ2v) is 5.87. The Morgan fingerprint density at radius 3 is 2.60 bits per heavy atom. The van der Waals surface area contributed by atoms with Gasteiger partial charge in [0.15, 0.2) is 0 Å². The summed E-state index contributed by atoms with van der Waals surface area (Å²) in [6.07, 6.45) is 1.92. The van der Waals surface area contributed by atoms with Crippen LogP contribution in [-0.2, 0) is 12.8 Å². The first-order valence-corrected chi connectivity index (χ1v) is 7.58. The zero-order valence-corrected chi connectivity index (χ0v) is 13.3. The number of hydrogen-bond donors (Lipinski definition) is 1. The molecular weight excluding hydrogens is 314 g/mol. The third-order valence-corrected chi connectivity index (χ3v) is 3.94. The quantitative estimate of drug-likeness (QED) is 0.872. The first kappa shape index (κ1) is 15.1. The lowest BCUT2D eigenvalue weighted by atomic mass is 9.92. The molecule has 2 N–H and O–H groups in total. The summed E-state index contributed by atoms with van der Waals surface area (Å²) in [5, 5.41) is 0. The van der Waals surface area contributed by atoms with Gasteiger partial charge in [0.25, 0.3) is 0 Å². The molecule has 0 aromatic heterocycles. The maximum absolute atomic E-state index is 5.95. The molecule has 0 aliphatic rings. The smallest absolute Gasteiger partial charge is 0.122 e. The summed E-state index contributed by atoms with van der Waals surface area (Å²) in [5.74, 6) is 1.36. The van der Waals surface area contributed by atoms with Gasteiger partial charge < -0.3 is 10.5 Å². The van der Waals surface area contributed by atoms with E-state index in [9.17, 15) is 0 Å². The molecule has 0 aliphatic heterocycles. The van der Waals surface area contributed by atoms with Gasteiger partial charge in [-0.3, -0.25) is 0 Å². The Balaban J connectivity index is 2.09. The molecule has 3 heteroatoms. The van der Waals surface area contributed by atoms with Gasteiger partial charge in [-0.05, 0) is 54.6 Å². The van der Waals surface area contributed by atoms with Crippen LogP contribution in [0.5, 0.6) is 5.75 Å². The topological polar surface area (TPSA) is 35.2 Å². The van der Waals surface area contributed by atoms with Crippen molar-refractivity contribution in [3.63, 3.8) is 0 Å². The van der Waals surface area contributed by atoms with Crippen molar-refractivity contribution >= 4 is 15.9 Å². The Morgan fingerprint density at radius 2 is 1.90 bits per heavy atom. The van der Waals surface area contributed by atoms with Crippen LogP contribution in [0.3, 0.4) is 0 Å². The highest BCUT2D eigenvalue weighted by Gasteiger charge is 2.12. The first-order valence-electron chi connectivity index (χ1n) is 6.79. The first-order chi connectivity index (χ1) is 9.72. The summed E-state index contributed by atoms with van der Waals surface area (Å²) in [6, 6.07) is 16.6. The second-order valence-electron chi connectivity index (χ2n) is 4.95. The van der Waals surface area contributed by atoms with Crippen LogP contribution in [0.25, 0.3) is 0 Å². The third-order valence-electron chi connectivity index (χ3n) is 3.45. The highest BCUT2D eigenvalue weighted by atomic mass is 79.9. The van der Waals surface area contributed by atoms with E-state index in [1.54, 1.807) is 7.11 Å². The van der Waals surface area contributed by atoms with Gasteiger partial charge >= 0.3 is 0 Å². The van der Waals surface area contributed by atoms with Gasteiger partial charge in [-0.25, -0.2) is 0 Å². The van der Waals surface area contributed by atoms with Crippen molar-refractivity contribution < 1.29 is 4.74 Å². The van der Waals surface area contributed by atoms with Crippen molar-refractivity contribution in [2.75, 3.05) is 13.7 Å². The zero-order chi connectivity index (χ0) is 14.4. The molecule has 0 bridgehead atoms. The van der Waals surface area contributed by atoms with E-state index in [1.165, 1.54) is 11.1 Å². The molecule has 0 heterocycles. The van der Waals surface area contributed by atoms with Crippen molar-refractivity contribution in [2.45, 2.75) is 12.8 Å². The molecular formula is C17H20BrNO. The highest BCUT2D eigenvalue weighted by Crippen LogP contribution is 2.23. The molecule has 1 unspecified atom stereocenters. The number of benzene rings is 2. The molecule has 0 fully saturated rings. The fourth-order valence-electron chi connectivity index (χ4n) is 2.42. The van der Waals surface area contributed by atoms with Crippen LogP contribution in [0.4, 0.5) is 0 Å². The summed E-state index contributed by atoms with van der Waals surface area (Å²) in [6.45, 7) is 0.671. The van der Waals surface area contributed by atoms with E-state index in [0.29, 0.717) is 12.5 Å². The van der Waals surface area contributed by atoms with Gasteiger partial charge in [-0.15, -0.1) is 0 Å². The van der Waals surface area contributed by atoms with Crippen LogP contribution in [0.15, 0.2) is 53.0 Å². The molecule has 0 saturated carbocycles. The second kappa shape index (κ2) is 7.46. The Bertz CT molecular complexity index is 556. The van der Waals surface area contributed by atoms with Crippen molar-refractivity contribution in [3.8, 4) is 5.75 Å². The van der Waals surface area contributed by atoms with Crippen LogP contribution < -0.4 is 10.5 Å². The van der Waals surface area contributed by atoms with Crippen molar-refractivity contribution in [1.29, 1.82) is 0 Å². The molecule has 20 heavy (non-hydrogen) atoms. The van der Waals surface area contributed by atoms with Crippen LogP contribution in [0.1, 0.15) is 11.1 Å². The van der Waals surface area contributed by atoms with Gasteiger partial charge in [0, 0.05) is 4.47 Å². The van der Waals surface area contributed by atoms with Crippen LogP contribution in [0, 0.1) is 5.92 Å². The summed E-state index contributed by atoms with van der Waals surface area (Å²) in [7, 11) is 1.71. The monoisotopic (exact) mass is 333 g/mol. The Kier molecular flexibility index (Phi) is 5.62. The van der Waals surface area contributed by atoms with Gasteiger partial charge in [0.2, 0.25) is 0 Å². The SMILES string of the molecule is COc1ccccc1CC(CN)Cc1cccc(Br)c1. The van der Waals surface area contributed by atoms with E-state index < -0.39 is 0 Å². The summed E-state index contributed by atoms with van der Waals surface area (Å²) in [4.78, 5) is 0. The van der Waals surface area contributed by atoms with Gasteiger partial charge in [0.05, 0.1) is 7.11 Å². The number of methoxy groups -OCH3 is 1. The average molecular weight is 334 g/mol. The maximum Gasteiger partial charge on any atom is 0.122 e. The predicted octanol–water partition coefficient (Wildman–Crippen LogP) is 3.82. The number of halogens is 1. The number of nitrogens with two attached hydrogens (primary N) is 1. The van der Waals surface area contributed by atoms with E-state index in [2.05, 4.69) is 40.2 Å². The van der Waals surface area contributed by atoms with Crippen molar-refractivity contribution in [2.24, 2.45) is 11.7 Å². The minimum atomic E-state index is 0.417. The van der Waals surface area contributed by atoms with E-state index in [4.69, 9.17) is 10.5 Å². The fourth-order valence-corrected chi connectivity index (χ4v) is 2.87. The molecule has 0 radical (unpaired) electrons. The molecule has 0 spiro atoms. The number of ether oxygens (including phenoxy) is 1. The third kappa shape index (κ3) is 4.09. The van der Waals surface area contributed by atoms with E-state index in [0.717, 1.165) is 23.1 Å². The lowest BCUT2D eigenvalue weighted by Gasteiger charge is -2.17. The number of hydrogen-bond acceptors (Lipinski definition) is 2. The van der Waals surface area contributed by atoms with E-state index in [-0.39, 0.29) is 0 Å². The molecule has 2 rings (SSSR count). The maximum atomic E-state index is 5.95. The van der Waals surface area contributed by atoms with E-state index >= 15 is 0 Å². The van der Waals surface area contributed by atoms with Gasteiger partial charge in [-0.2, -0.15) is 0 Å². The Labute approximate surface area is 129 Å². The minimum absolute atomic E-state index is 0.417. The number of para-hydroxylation sites is 1. The fraction of sp³-hybridized carbons (Fsp3) is 0.294.